The Labute approximate surface area is 137 Å². The molecule has 0 aliphatic carbocycles. The lowest BCUT2D eigenvalue weighted by molar-refractivity contribution is 0.0930. The number of piperidine rings is 1. The molecule has 0 aromatic heterocycles. The van der Waals surface area contributed by atoms with Crippen molar-refractivity contribution in [1.29, 1.82) is 0 Å². The number of hydrogen-bond acceptors (Lipinski definition) is 4. The highest BCUT2D eigenvalue weighted by Crippen LogP contribution is 2.20. The summed E-state index contributed by atoms with van der Waals surface area (Å²) in [5.74, 6) is -0.267. The van der Waals surface area contributed by atoms with Crippen LogP contribution in [0.15, 0.2) is 17.0 Å². The van der Waals surface area contributed by atoms with Crippen LogP contribution in [0.3, 0.4) is 0 Å². The van der Waals surface area contributed by atoms with E-state index >= 15 is 0 Å². The van der Waals surface area contributed by atoms with E-state index < -0.39 is 10.0 Å². The van der Waals surface area contributed by atoms with Gasteiger partial charge in [-0.1, -0.05) is 0 Å². The van der Waals surface area contributed by atoms with Crippen LogP contribution in [0.25, 0.3) is 0 Å². The molecule has 8 heteroatoms. The van der Waals surface area contributed by atoms with Gasteiger partial charge in [0.05, 0.1) is 4.90 Å². The van der Waals surface area contributed by atoms with Gasteiger partial charge >= 0.3 is 0 Å². The predicted octanol–water partition coefficient (Wildman–Crippen LogP) is 0.854. The third-order valence-electron chi connectivity index (χ3n) is 3.82. The van der Waals surface area contributed by atoms with Crippen molar-refractivity contribution in [2.45, 2.75) is 37.6 Å². The largest absolute Gasteiger partial charge is 0.348 e. The molecule has 1 aromatic rings. The highest BCUT2D eigenvalue weighted by atomic mass is 35.5. The molecule has 6 nitrogen and oxygen atoms in total. The molecule has 0 saturated carbocycles. The molecule has 1 aliphatic rings. The van der Waals surface area contributed by atoms with Crippen LogP contribution in [0.5, 0.6) is 0 Å². The van der Waals surface area contributed by atoms with Crippen molar-refractivity contribution >= 4 is 28.3 Å². The van der Waals surface area contributed by atoms with E-state index in [4.69, 9.17) is 5.14 Å². The monoisotopic (exact) mass is 347 g/mol. The fourth-order valence-corrected chi connectivity index (χ4v) is 3.38. The molecular formula is C14H22ClN3O3S. The van der Waals surface area contributed by atoms with Gasteiger partial charge in [0.2, 0.25) is 10.0 Å². The van der Waals surface area contributed by atoms with E-state index in [1.807, 2.05) is 0 Å². The molecule has 22 heavy (non-hydrogen) atoms. The molecule has 2 rings (SSSR count). The zero-order valence-corrected chi connectivity index (χ0v) is 14.3. The topological polar surface area (TPSA) is 101 Å². The summed E-state index contributed by atoms with van der Waals surface area (Å²) in [5, 5.41) is 11.4. The number of sulfonamides is 1. The minimum atomic E-state index is -3.84. The lowest BCUT2D eigenvalue weighted by Crippen LogP contribution is -2.45. The van der Waals surface area contributed by atoms with Gasteiger partial charge in [0.1, 0.15) is 0 Å². The second-order valence-corrected chi connectivity index (χ2v) is 7.01. The molecular weight excluding hydrogens is 326 g/mol. The highest BCUT2D eigenvalue weighted by molar-refractivity contribution is 7.89. The van der Waals surface area contributed by atoms with Crippen LogP contribution >= 0.6 is 12.4 Å². The van der Waals surface area contributed by atoms with Gasteiger partial charge in [-0.2, -0.15) is 0 Å². The zero-order chi connectivity index (χ0) is 15.6. The summed E-state index contributed by atoms with van der Waals surface area (Å²) in [7, 11) is -3.84. The Hall–Kier alpha value is -1.15. The Morgan fingerprint density at radius 1 is 1.36 bits per heavy atom. The summed E-state index contributed by atoms with van der Waals surface area (Å²) in [6.07, 6.45) is 1.94. The summed E-state index contributed by atoms with van der Waals surface area (Å²) in [4.78, 5) is 12.3. The smallest absolute Gasteiger partial charge is 0.251 e. The number of carbonyl (C=O) groups excluding carboxylic acids is 1. The first-order valence-corrected chi connectivity index (χ1v) is 8.49. The normalized spacial score (nSPS) is 18.4. The van der Waals surface area contributed by atoms with Gasteiger partial charge in [-0.3, -0.25) is 4.79 Å². The second kappa shape index (κ2) is 7.41. The highest BCUT2D eigenvalue weighted by Gasteiger charge is 2.20. The number of nitrogens with one attached hydrogen (secondary N) is 2. The number of halogens is 1. The zero-order valence-electron chi connectivity index (χ0n) is 12.7. The number of carbonyl (C=O) groups is 1. The van der Waals surface area contributed by atoms with Crippen LogP contribution in [-0.4, -0.2) is 33.5 Å². The third-order valence-corrected chi connectivity index (χ3v) is 4.86. The SMILES string of the molecule is Cc1cc(C(=O)NC2CCCNC2)cc(S(N)(=O)=O)c1C.Cl. The Morgan fingerprint density at radius 3 is 2.59 bits per heavy atom. The molecule has 0 radical (unpaired) electrons. The van der Waals surface area contributed by atoms with Gasteiger partial charge in [-0.15, -0.1) is 12.4 Å². The maximum Gasteiger partial charge on any atom is 0.251 e. The molecule has 4 N–H and O–H groups in total. The second-order valence-electron chi connectivity index (χ2n) is 5.48. The first-order chi connectivity index (χ1) is 9.79. The number of aryl methyl sites for hydroxylation is 1. The molecule has 1 aromatic carbocycles. The number of primary sulfonamides is 1. The maximum atomic E-state index is 12.3. The lowest BCUT2D eigenvalue weighted by atomic mass is 10.0. The molecule has 0 spiro atoms. The van der Waals surface area contributed by atoms with Crippen molar-refractivity contribution < 1.29 is 13.2 Å². The van der Waals surface area contributed by atoms with Crippen molar-refractivity contribution in [2.75, 3.05) is 13.1 Å². The molecule has 1 saturated heterocycles. The molecule has 124 valence electrons. The van der Waals surface area contributed by atoms with E-state index in [1.54, 1.807) is 19.9 Å². The van der Waals surface area contributed by atoms with Crippen LogP contribution in [0, 0.1) is 13.8 Å². The summed E-state index contributed by atoms with van der Waals surface area (Å²) in [6.45, 7) is 5.15. The lowest BCUT2D eigenvalue weighted by Gasteiger charge is -2.24. The molecule has 1 unspecified atom stereocenters. The number of rotatable bonds is 3. The van der Waals surface area contributed by atoms with E-state index in [0.29, 0.717) is 11.1 Å². The summed E-state index contributed by atoms with van der Waals surface area (Å²) in [5.41, 5.74) is 1.63. The number of benzene rings is 1. The molecule has 1 atom stereocenters. The van der Waals surface area contributed by atoms with E-state index in [0.717, 1.165) is 31.5 Å². The Balaban J connectivity index is 0.00000242. The van der Waals surface area contributed by atoms with Crippen LogP contribution in [0.2, 0.25) is 0 Å². The molecule has 1 amide bonds. The standard InChI is InChI=1S/C14H21N3O3S.ClH/c1-9-6-11(7-13(10(9)2)21(15,19)20)14(18)17-12-4-3-5-16-8-12;/h6-7,12,16H,3-5,8H2,1-2H3,(H,17,18)(H2,15,19,20);1H. The quantitative estimate of drug-likeness (QED) is 0.754. The summed E-state index contributed by atoms with van der Waals surface area (Å²) in [6, 6.07) is 3.12. The Morgan fingerprint density at radius 2 is 2.05 bits per heavy atom. The van der Waals surface area contributed by atoms with Crippen LogP contribution in [0.1, 0.15) is 34.3 Å². The van der Waals surface area contributed by atoms with Crippen LogP contribution in [0.4, 0.5) is 0 Å². The number of nitrogens with two attached hydrogens (primary N) is 1. The van der Waals surface area contributed by atoms with Gasteiger partial charge in [-0.25, -0.2) is 13.6 Å². The fraction of sp³-hybridized carbons (Fsp3) is 0.500. The van der Waals surface area contributed by atoms with Gasteiger partial charge < -0.3 is 10.6 Å². The van der Waals surface area contributed by atoms with Crippen molar-refractivity contribution in [3.63, 3.8) is 0 Å². The van der Waals surface area contributed by atoms with Gasteiger partial charge in [0, 0.05) is 18.2 Å². The predicted molar refractivity (Wildman–Crippen MR) is 87.9 cm³/mol. The summed E-state index contributed by atoms with van der Waals surface area (Å²) >= 11 is 0. The number of amides is 1. The van der Waals surface area contributed by atoms with Gasteiger partial charge in [0.15, 0.2) is 0 Å². The molecule has 1 heterocycles. The molecule has 1 fully saturated rings. The van der Waals surface area contributed by atoms with E-state index in [-0.39, 0.29) is 29.3 Å². The molecule has 0 bridgehead atoms. The summed E-state index contributed by atoms with van der Waals surface area (Å²) < 4.78 is 23.2. The average molecular weight is 348 g/mol. The average Bonchev–Trinajstić information content (AvgIpc) is 2.41. The third kappa shape index (κ3) is 4.42. The maximum absolute atomic E-state index is 12.3. The fourth-order valence-electron chi connectivity index (χ4n) is 2.50. The Kier molecular flexibility index (Phi) is 6.37. The Bertz CT molecular complexity index is 656. The van der Waals surface area contributed by atoms with E-state index in [9.17, 15) is 13.2 Å². The first-order valence-electron chi connectivity index (χ1n) is 6.94. The van der Waals surface area contributed by atoms with Crippen LogP contribution in [-0.2, 0) is 10.0 Å². The van der Waals surface area contributed by atoms with Crippen LogP contribution < -0.4 is 15.8 Å². The minimum Gasteiger partial charge on any atom is -0.348 e. The number of hydrogen-bond donors (Lipinski definition) is 3. The first kappa shape index (κ1) is 18.9. The van der Waals surface area contributed by atoms with Crippen molar-refractivity contribution in [1.82, 2.24) is 10.6 Å². The molecule has 1 aliphatic heterocycles. The van der Waals surface area contributed by atoms with Gasteiger partial charge in [0.25, 0.3) is 5.91 Å². The van der Waals surface area contributed by atoms with Crippen molar-refractivity contribution in [2.24, 2.45) is 5.14 Å². The minimum absolute atomic E-state index is 0. The van der Waals surface area contributed by atoms with E-state index in [1.165, 1.54) is 6.07 Å². The van der Waals surface area contributed by atoms with E-state index in [2.05, 4.69) is 10.6 Å². The van der Waals surface area contributed by atoms with Gasteiger partial charge in [-0.05, 0) is 56.5 Å². The van der Waals surface area contributed by atoms with Crippen molar-refractivity contribution in [3.05, 3.63) is 28.8 Å². The van der Waals surface area contributed by atoms with Crippen molar-refractivity contribution in [3.8, 4) is 0 Å².